The fraction of sp³-hybridized carbons (Fsp3) is 0.830. The standard InChI is InChI=1S/C53H66N8O10/c1-20(2)45(62)54-12-21-4-29(54)37(21)46(63)55-13-22-5-30(55)38(22)47(64)56-14-23-6-31(56)39(23)48(65)57-15-24-7-32(57)40(24)49(66)58-16-25-8-33(58)41(25)50(67)59-17-26-9-34(59)42(26)51(68)60-18-27-10-35(60)43(27)52(69)61-19-28-11-36(61)44(28)53(70)71-3/h20-44H,4-19H2,1-3H3. The first-order valence-electron chi connectivity index (χ1n) is 27.7. The van der Waals surface area contributed by atoms with Gasteiger partial charge in [0.05, 0.1) is 54.5 Å². The molecule has 24 atom stereocenters. The largest absolute Gasteiger partial charge is 0.469 e. The molecule has 24 unspecified atom stereocenters. The molecule has 16 aliphatic heterocycles. The van der Waals surface area contributed by atoms with Gasteiger partial charge in [0.15, 0.2) is 0 Å². The van der Waals surface area contributed by atoms with E-state index in [-0.39, 0.29) is 202 Å². The number of methoxy groups -OCH3 is 1. The van der Waals surface area contributed by atoms with Crippen LogP contribution < -0.4 is 0 Å². The zero-order chi connectivity index (χ0) is 48.3. The minimum Gasteiger partial charge on any atom is -0.469 e. The summed E-state index contributed by atoms with van der Waals surface area (Å²) in [7, 11) is 1.40. The summed E-state index contributed by atoms with van der Waals surface area (Å²) in [6, 6.07) is -0.869. The van der Waals surface area contributed by atoms with Crippen molar-refractivity contribution in [2.24, 2.45) is 101 Å². The highest BCUT2D eigenvalue weighted by atomic mass is 16.5. The Morgan fingerprint density at radius 1 is 0.310 bits per heavy atom. The van der Waals surface area contributed by atoms with Crippen LogP contribution in [0.4, 0.5) is 0 Å². The molecule has 0 aromatic rings. The zero-order valence-corrected chi connectivity index (χ0v) is 40.9. The molecular weight excluding hydrogens is 909 g/mol. The molecular formula is C53H66N8O10. The molecule has 0 aromatic heterocycles. The average molecular weight is 975 g/mol. The first-order valence-corrected chi connectivity index (χ1v) is 27.7. The molecule has 18 heteroatoms. The monoisotopic (exact) mass is 974 g/mol. The summed E-state index contributed by atoms with van der Waals surface area (Å²) in [6.07, 6.45) is 6.67. The SMILES string of the molecule is COC(=O)C1C2CC1N(C(=O)C1C3CC1N(C(=O)C1C4CC1N(C(=O)C1C5CC1N(C(=O)C1C6CC1N(C(=O)C1C7CC1N(C(=O)C1C8CC1N(C(=O)C1C9CC1N(C(=O)C(C)C)C9)C8)C7)C6)C5)C4)C3)C2. The minimum absolute atomic E-state index is 0.0147. The van der Waals surface area contributed by atoms with Crippen LogP contribution in [0, 0.1) is 101 Å². The Morgan fingerprint density at radius 3 is 0.704 bits per heavy atom. The Balaban J connectivity index is 0.522. The van der Waals surface area contributed by atoms with Gasteiger partial charge in [0.25, 0.3) is 0 Å². The second kappa shape index (κ2) is 14.1. The topological polar surface area (TPSA) is 189 Å². The number of amides is 8. The van der Waals surface area contributed by atoms with Crippen LogP contribution in [0.2, 0.25) is 0 Å². The molecule has 16 bridgehead atoms. The van der Waals surface area contributed by atoms with E-state index in [0.717, 1.165) is 51.4 Å². The maximum absolute atomic E-state index is 14.5. The van der Waals surface area contributed by atoms with E-state index < -0.39 is 0 Å². The van der Waals surface area contributed by atoms with Crippen LogP contribution in [0.1, 0.15) is 65.2 Å². The quantitative estimate of drug-likeness (QED) is 0.275. The van der Waals surface area contributed by atoms with Crippen molar-refractivity contribution in [2.45, 2.75) is 114 Å². The summed E-state index contributed by atoms with van der Waals surface area (Å²) >= 11 is 0. The van der Waals surface area contributed by atoms with Crippen molar-refractivity contribution >= 4 is 53.2 Å². The first-order chi connectivity index (χ1) is 34.2. The van der Waals surface area contributed by atoms with Gasteiger partial charge in [-0.25, -0.2) is 0 Å². The van der Waals surface area contributed by atoms with Crippen LogP contribution in [0.25, 0.3) is 0 Å². The number of fused-ring (bicyclic) bond motifs is 8. The van der Waals surface area contributed by atoms with E-state index in [4.69, 9.17) is 4.74 Å². The first kappa shape index (κ1) is 42.7. The lowest BCUT2D eigenvalue weighted by atomic mass is 9.70. The third-order valence-corrected chi connectivity index (χ3v) is 23.6. The lowest BCUT2D eigenvalue weighted by molar-refractivity contribution is -0.154. The Kier molecular flexibility index (Phi) is 8.47. The molecule has 24 rings (SSSR count). The predicted octanol–water partition coefficient (Wildman–Crippen LogP) is -0.409. The smallest absolute Gasteiger partial charge is 0.311 e. The fourth-order valence-corrected chi connectivity index (χ4v) is 19.7. The van der Waals surface area contributed by atoms with Gasteiger partial charge in [-0.1, -0.05) is 13.8 Å². The Morgan fingerprint density at radius 2 is 0.493 bits per heavy atom. The second-order valence-corrected chi connectivity index (χ2v) is 26.3. The molecule has 16 saturated heterocycles. The average Bonchev–Trinajstić information content (AvgIpc) is 4.14. The van der Waals surface area contributed by atoms with Crippen molar-refractivity contribution in [1.29, 1.82) is 0 Å². The fourth-order valence-electron chi connectivity index (χ4n) is 19.7. The van der Waals surface area contributed by atoms with Crippen LogP contribution in [-0.2, 0) is 47.9 Å². The van der Waals surface area contributed by atoms with Crippen LogP contribution in [0.3, 0.4) is 0 Å². The molecule has 71 heavy (non-hydrogen) atoms. The van der Waals surface area contributed by atoms with Crippen LogP contribution in [-0.4, -0.2) is 200 Å². The number of carbonyl (C=O) groups excluding carboxylic acids is 9. The summed E-state index contributed by atoms with van der Waals surface area (Å²) in [6.45, 7) is 8.53. The van der Waals surface area contributed by atoms with Crippen molar-refractivity contribution in [2.75, 3.05) is 59.5 Å². The van der Waals surface area contributed by atoms with Crippen molar-refractivity contribution in [3.63, 3.8) is 0 Å². The molecule has 18 nitrogen and oxygen atoms in total. The number of rotatable bonds is 9. The highest BCUT2D eigenvalue weighted by Gasteiger charge is 2.71. The van der Waals surface area contributed by atoms with Crippen LogP contribution >= 0.6 is 0 Å². The molecule has 0 spiro atoms. The van der Waals surface area contributed by atoms with E-state index in [1.54, 1.807) is 0 Å². The molecule has 378 valence electrons. The maximum Gasteiger partial charge on any atom is 0.311 e. The molecule has 0 aromatic carbocycles. The van der Waals surface area contributed by atoms with Crippen LogP contribution in [0.15, 0.2) is 0 Å². The third kappa shape index (κ3) is 5.14. The number of hydrogen-bond donors (Lipinski definition) is 0. The number of hydrogen-bond acceptors (Lipinski definition) is 10. The summed E-state index contributed by atoms with van der Waals surface area (Å²) in [5.74, 6) is -0.261. The van der Waals surface area contributed by atoms with Gasteiger partial charge in [0.1, 0.15) is 0 Å². The predicted molar refractivity (Wildman–Crippen MR) is 244 cm³/mol. The third-order valence-electron chi connectivity index (χ3n) is 23.6. The lowest BCUT2D eigenvalue weighted by Crippen LogP contribution is -2.57. The van der Waals surface area contributed by atoms with Crippen molar-refractivity contribution in [3.8, 4) is 0 Å². The highest BCUT2D eigenvalue weighted by Crippen LogP contribution is 2.60. The van der Waals surface area contributed by atoms with E-state index in [1.807, 2.05) is 53.0 Å². The van der Waals surface area contributed by atoms with Crippen LogP contribution in [0.5, 0.6) is 0 Å². The molecule has 8 amide bonds. The molecule has 8 aliphatic carbocycles. The summed E-state index contributed by atoms with van der Waals surface area (Å²) < 4.78 is 5.01. The lowest BCUT2D eigenvalue weighted by Gasteiger charge is -2.44. The van der Waals surface area contributed by atoms with Gasteiger partial charge in [-0.3, -0.25) is 43.2 Å². The normalized spacial score (nSPS) is 49.1. The van der Waals surface area contributed by atoms with Gasteiger partial charge in [-0.2, -0.15) is 0 Å². The van der Waals surface area contributed by atoms with Gasteiger partial charge >= 0.3 is 5.97 Å². The number of ether oxygens (including phenoxy) is 1. The van der Waals surface area contributed by atoms with Gasteiger partial charge in [-0.05, 0) is 98.7 Å². The van der Waals surface area contributed by atoms with Gasteiger partial charge in [0, 0.05) is 107 Å². The molecule has 0 radical (unpaired) electrons. The molecule has 24 fully saturated rings. The van der Waals surface area contributed by atoms with E-state index in [9.17, 15) is 43.2 Å². The maximum atomic E-state index is 14.5. The number of esters is 1. The Bertz CT molecular complexity index is 2560. The van der Waals surface area contributed by atoms with Gasteiger partial charge in [0.2, 0.25) is 47.3 Å². The Hall–Kier alpha value is -4.77. The summed E-state index contributed by atoms with van der Waals surface area (Å²) in [5, 5.41) is 0. The zero-order valence-electron chi connectivity index (χ0n) is 40.9. The molecule has 0 N–H and O–H groups in total. The van der Waals surface area contributed by atoms with E-state index in [2.05, 4.69) is 0 Å². The molecule has 24 aliphatic rings. The molecule has 8 saturated carbocycles. The highest BCUT2D eigenvalue weighted by molar-refractivity contribution is 5.93. The van der Waals surface area contributed by atoms with E-state index >= 15 is 0 Å². The second-order valence-electron chi connectivity index (χ2n) is 26.3. The summed E-state index contributed by atoms with van der Waals surface area (Å²) in [5.41, 5.74) is 0. The minimum atomic E-state index is -0.255. The van der Waals surface area contributed by atoms with Crippen molar-refractivity contribution in [1.82, 2.24) is 39.2 Å². The molecule has 16 heterocycles. The Labute approximate surface area is 412 Å². The van der Waals surface area contributed by atoms with Crippen molar-refractivity contribution in [3.05, 3.63) is 0 Å². The van der Waals surface area contributed by atoms with Gasteiger partial charge in [-0.15, -0.1) is 0 Å². The number of carbonyl (C=O) groups is 9. The van der Waals surface area contributed by atoms with E-state index in [0.29, 0.717) is 52.4 Å². The van der Waals surface area contributed by atoms with Gasteiger partial charge < -0.3 is 43.9 Å². The number of nitrogens with zero attached hydrogens (tertiary/aromatic N) is 8. The van der Waals surface area contributed by atoms with E-state index in [1.165, 1.54) is 7.11 Å². The summed E-state index contributed by atoms with van der Waals surface area (Å²) in [4.78, 5) is 140. The van der Waals surface area contributed by atoms with Crippen molar-refractivity contribution < 1.29 is 47.9 Å².